The highest BCUT2D eigenvalue weighted by molar-refractivity contribution is 6.32. The first-order chi connectivity index (χ1) is 10.5. The summed E-state index contributed by atoms with van der Waals surface area (Å²) in [7, 11) is 0. The molecule has 1 aromatic heterocycles. The molecule has 0 saturated heterocycles. The van der Waals surface area contributed by atoms with Crippen LogP contribution < -0.4 is 5.32 Å². The van der Waals surface area contributed by atoms with Crippen LogP contribution in [0.1, 0.15) is 70.3 Å². The van der Waals surface area contributed by atoms with Crippen molar-refractivity contribution in [3.63, 3.8) is 0 Å². The minimum Gasteiger partial charge on any atom is -0.349 e. The molecule has 1 N–H and O–H groups in total. The summed E-state index contributed by atoms with van der Waals surface area (Å²) in [6.07, 6.45) is -2.41. The summed E-state index contributed by atoms with van der Waals surface area (Å²) in [5.74, 6) is -0.424. The number of halogens is 4. The molecule has 1 amide bonds. The number of rotatable bonds is 5. The van der Waals surface area contributed by atoms with Crippen molar-refractivity contribution in [3.8, 4) is 0 Å². The van der Waals surface area contributed by atoms with Gasteiger partial charge in [-0.2, -0.15) is 18.3 Å². The number of carbonyl (C=O) groups is 1. The molecule has 23 heavy (non-hydrogen) atoms. The Hall–Kier alpha value is -1.24. The second-order valence-electron chi connectivity index (χ2n) is 6.67. The van der Waals surface area contributed by atoms with Crippen LogP contribution in [0.25, 0.3) is 0 Å². The van der Waals surface area contributed by atoms with E-state index in [0.717, 1.165) is 17.5 Å². The molecule has 0 radical (unpaired) electrons. The van der Waals surface area contributed by atoms with Crippen molar-refractivity contribution in [2.45, 2.75) is 70.6 Å². The SMILES string of the molecule is CCC(C)(C)NC(=O)[C@@H](C)n1nc(C(F)(F)F)c(Cl)c1C1CC1. The highest BCUT2D eigenvalue weighted by atomic mass is 35.5. The third kappa shape index (κ3) is 3.82. The summed E-state index contributed by atoms with van der Waals surface area (Å²) in [4.78, 5) is 12.4. The fraction of sp³-hybridized carbons (Fsp3) is 0.733. The number of aromatic nitrogens is 2. The lowest BCUT2D eigenvalue weighted by atomic mass is 10.0. The fourth-order valence-corrected chi connectivity index (χ4v) is 2.65. The molecule has 1 atom stereocenters. The van der Waals surface area contributed by atoms with Crippen LogP contribution in [0.5, 0.6) is 0 Å². The molecule has 1 fully saturated rings. The van der Waals surface area contributed by atoms with Crippen LogP contribution in [0.3, 0.4) is 0 Å². The quantitative estimate of drug-likeness (QED) is 0.859. The first kappa shape index (κ1) is 18.1. The lowest BCUT2D eigenvalue weighted by Gasteiger charge is -2.27. The van der Waals surface area contributed by atoms with Crippen LogP contribution in [0.4, 0.5) is 13.2 Å². The van der Waals surface area contributed by atoms with Gasteiger partial charge in [0.15, 0.2) is 5.69 Å². The Labute approximate surface area is 138 Å². The van der Waals surface area contributed by atoms with Gasteiger partial charge in [0, 0.05) is 11.5 Å². The van der Waals surface area contributed by atoms with Crippen molar-refractivity contribution >= 4 is 17.5 Å². The Morgan fingerprint density at radius 1 is 1.43 bits per heavy atom. The first-order valence-corrected chi connectivity index (χ1v) is 8.03. The number of alkyl halides is 3. The van der Waals surface area contributed by atoms with Crippen LogP contribution in [0, 0.1) is 0 Å². The molecule has 1 heterocycles. The predicted molar refractivity (Wildman–Crippen MR) is 81.4 cm³/mol. The highest BCUT2D eigenvalue weighted by Crippen LogP contribution is 2.47. The van der Waals surface area contributed by atoms with Gasteiger partial charge in [-0.05, 0) is 40.0 Å². The van der Waals surface area contributed by atoms with Gasteiger partial charge in [-0.1, -0.05) is 18.5 Å². The van der Waals surface area contributed by atoms with E-state index >= 15 is 0 Å². The molecule has 0 unspecified atom stereocenters. The van der Waals surface area contributed by atoms with E-state index < -0.39 is 23.5 Å². The lowest BCUT2D eigenvalue weighted by molar-refractivity contribution is -0.142. The predicted octanol–water partition coefficient (Wildman–Crippen LogP) is 4.30. The topological polar surface area (TPSA) is 46.9 Å². The molecule has 0 aliphatic heterocycles. The molecule has 2 rings (SSSR count). The zero-order valence-electron chi connectivity index (χ0n) is 13.6. The van der Waals surface area contributed by atoms with Gasteiger partial charge in [-0.3, -0.25) is 9.48 Å². The Balaban J connectivity index is 2.36. The number of carbonyl (C=O) groups excluding carboxylic acids is 1. The van der Waals surface area contributed by atoms with Gasteiger partial charge in [0.25, 0.3) is 0 Å². The van der Waals surface area contributed by atoms with Gasteiger partial charge < -0.3 is 5.32 Å². The van der Waals surface area contributed by atoms with Crippen LogP contribution in [0.2, 0.25) is 5.02 Å². The highest BCUT2D eigenvalue weighted by Gasteiger charge is 2.43. The summed E-state index contributed by atoms with van der Waals surface area (Å²) in [6.45, 7) is 7.18. The molecule has 1 aromatic rings. The maximum atomic E-state index is 13.1. The molecule has 130 valence electrons. The monoisotopic (exact) mass is 351 g/mol. The van der Waals surface area contributed by atoms with E-state index in [2.05, 4.69) is 10.4 Å². The van der Waals surface area contributed by atoms with E-state index in [9.17, 15) is 18.0 Å². The van der Waals surface area contributed by atoms with Gasteiger partial charge in [0.1, 0.15) is 6.04 Å². The normalized spacial score (nSPS) is 17.2. The Morgan fingerprint density at radius 2 is 2.00 bits per heavy atom. The van der Waals surface area contributed by atoms with Crippen LogP contribution in [0.15, 0.2) is 0 Å². The molecule has 1 aliphatic carbocycles. The maximum Gasteiger partial charge on any atom is 0.436 e. The number of hydrogen-bond acceptors (Lipinski definition) is 2. The third-order valence-electron chi connectivity index (χ3n) is 4.21. The zero-order chi connectivity index (χ0) is 17.6. The van der Waals surface area contributed by atoms with E-state index in [4.69, 9.17) is 11.6 Å². The summed E-state index contributed by atoms with van der Waals surface area (Å²) in [5.41, 5.74) is -1.24. The van der Waals surface area contributed by atoms with Crippen molar-refractivity contribution in [2.24, 2.45) is 0 Å². The van der Waals surface area contributed by atoms with E-state index in [1.165, 1.54) is 6.92 Å². The van der Waals surface area contributed by atoms with Crippen molar-refractivity contribution in [3.05, 3.63) is 16.4 Å². The van der Waals surface area contributed by atoms with Crippen molar-refractivity contribution in [1.82, 2.24) is 15.1 Å². The standard InChI is InChI=1S/C15H21ClF3N3O/c1-5-14(3,4)20-13(23)8(2)22-11(9-6-7-9)10(16)12(21-22)15(17,18)19/h8-9H,5-7H2,1-4H3,(H,20,23)/t8-/m1/s1. The number of hydrogen-bond donors (Lipinski definition) is 1. The number of nitrogens with one attached hydrogen (secondary N) is 1. The Morgan fingerprint density at radius 3 is 2.43 bits per heavy atom. The second kappa shape index (κ2) is 6.00. The molecular formula is C15H21ClF3N3O. The van der Waals surface area contributed by atoms with Gasteiger partial charge in [0.2, 0.25) is 5.91 Å². The molecule has 8 heteroatoms. The van der Waals surface area contributed by atoms with Gasteiger partial charge in [-0.25, -0.2) is 0 Å². The van der Waals surface area contributed by atoms with E-state index in [1.54, 1.807) is 0 Å². The maximum absolute atomic E-state index is 13.1. The first-order valence-electron chi connectivity index (χ1n) is 7.65. The number of amides is 1. The van der Waals surface area contributed by atoms with Crippen molar-refractivity contribution < 1.29 is 18.0 Å². The Bertz CT molecular complexity index is 606. The average Bonchev–Trinajstić information content (AvgIpc) is 3.19. The summed E-state index contributed by atoms with van der Waals surface area (Å²) in [5, 5.41) is 6.07. The van der Waals surface area contributed by atoms with Crippen LogP contribution in [-0.2, 0) is 11.0 Å². The van der Waals surface area contributed by atoms with Crippen molar-refractivity contribution in [2.75, 3.05) is 0 Å². The summed E-state index contributed by atoms with van der Waals surface area (Å²) < 4.78 is 40.3. The van der Waals surface area contributed by atoms with E-state index in [-0.39, 0.29) is 16.8 Å². The largest absolute Gasteiger partial charge is 0.436 e. The van der Waals surface area contributed by atoms with Crippen LogP contribution in [-0.4, -0.2) is 21.2 Å². The van der Waals surface area contributed by atoms with E-state index in [1.807, 2.05) is 20.8 Å². The van der Waals surface area contributed by atoms with Gasteiger partial charge in [0.05, 0.1) is 10.7 Å². The molecule has 0 bridgehead atoms. The molecule has 1 aliphatic rings. The lowest BCUT2D eigenvalue weighted by Crippen LogP contribution is -2.45. The van der Waals surface area contributed by atoms with Crippen LogP contribution >= 0.6 is 11.6 Å². The average molecular weight is 352 g/mol. The molecule has 0 aromatic carbocycles. The molecule has 1 saturated carbocycles. The minimum atomic E-state index is -4.63. The van der Waals surface area contributed by atoms with Gasteiger partial charge >= 0.3 is 6.18 Å². The summed E-state index contributed by atoms with van der Waals surface area (Å²) >= 11 is 5.92. The van der Waals surface area contributed by atoms with Gasteiger partial charge in [-0.15, -0.1) is 0 Å². The minimum absolute atomic E-state index is 0.0551. The van der Waals surface area contributed by atoms with Crippen molar-refractivity contribution in [1.29, 1.82) is 0 Å². The molecular weight excluding hydrogens is 331 g/mol. The second-order valence-corrected chi connectivity index (χ2v) is 7.05. The number of nitrogens with zero attached hydrogens (tertiary/aromatic N) is 2. The van der Waals surface area contributed by atoms with E-state index in [0.29, 0.717) is 12.1 Å². The molecule has 4 nitrogen and oxygen atoms in total. The Kier molecular flexibility index (Phi) is 4.72. The smallest absolute Gasteiger partial charge is 0.349 e. The molecule has 0 spiro atoms. The zero-order valence-corrected chi connectivity index (χ0v) is 14.3. The third-order valence-corrected chi connectivity index (χ3v) is 4.58. The summed E-state index contributed by atoms with van der Waals surface area (Å²) in [6, 6.07) is -0.856. The fourth-order valence-electron chi connectivity index (χ4n) is 2.26.